The van der Waals surface area contributed by atoms with Crippen molar-refractivity contribution in [3.05, 3.63) is 0 Å². The fourth-order valence-electron chi connectivity index (χ4n) is 0.559. The average Bonchev–Trinajstić information content (AvgIpc) is 1.86. The number of carboxylic acids is 1. The Morgan fingerprint density at radius 2 is 2.00 bits per heavy atom. The Bertz CT molecular complexity index is 132. The monoisotopic (exact) mass is 145 g/mol. The van der Waals surface area contributed by atoms with Gasteiger partial charge in [0.2, 0.25) is 0 Å². The van der Waals surface area contributed by atoms with Crippen molar-refractivity contribution in [2.75, 3.05) is 13.6 Å². The van der Waals surface area contributed by atoms with Crippen molar-refractivity contribution in [2.24, 2.45) is 0 Å². The van der Waals surface area contributed by atoms with Gasteiger partial charge in [0, 0.05) is 0 Å². The van der Waals surface area contributed by atoms with Gasteiger partial charge in [0.15, 0.2) is 0 Å². The van der Waals surface area contributed by atoms with Gasteiger partial charge < -0.3 is 5.11 Å². The standard InChI is InChI=1S/C7H15NO2/c1-5-8(4)7(2,3)6(9)10/h5H2,1-4H3,(H,9,10). The molecule has 0 rings (SSSR count). The van der Waals surface area contributed by atoms with E-state index >= 15 is 0 Å². The minimum atomic E-state index is -0.781. The van der Waals surface area contributed by atoms with E-state index in [9.17, 15) is 4.79 Å². The van der Waals surface area contributed by atoms with Gasteiger partial charge in [0.25, 0.3) is 0 Å². The summed E-state index contributed by atoms with van der Waals surface area (Å²) in [7, 11) is 1.80. The van der Waals surface area contributed by atoms with E-state index in [1.807, 2.05) is 6.92 Å². The molecule has 0 saturated carbocycles. The van der Waals surface area contributed by atoms with Crippen molar-refractivity contribution < 1.29 is 9.90 Å². The van der Waals surface area contributed by atoms with Crippen LogP contribution in [0, 0.1) is 0 Å². The Balaban J connectivity index is 4.23. The molecule has 0 radical (unpaired) electrons. The second-order valence-electron chi connectivity index (χ2n) is 2.88. The van der Waals surface area contributed by atoms with Crippen LogP contribution in [0.5, 0.6) is 0 Å². The molecule has 0 atom stereocenters. The number of nitrogens with zero attached hydrogens (tertiary/aromatic N) is 1. The summed E-state index contributed by atoms with van der Waals surface area (Å²) in [4.78, 5) is 12.4. The third kappa shape index (κ3) is 1.70. The highest BCUT2D eigenvalue weighted by atomic mass is 16.4. The molecule has 0 bridgehead atoms. The second kappa shape index (κ2) is 3.01. The van der Waals surface area contributed by atoms with E-state index in [1.54, 1.807) is 25.8 Å². The van der Waals surface area contributed by atoms with Crippen LogP contribution >= 0.6 is 0 Å². The second-order valence-corrected chi connectivity index (χ2v) is 2.88. The minimum Gasteiger partial charge on any atom is -0.480 e. The maximum absolute atomic E-state index is 10.6. The van der Waals surface area contributed by atoms with Gasteiger partial charge in [-0.15, -0.1) is 0 Å². The summed E-state index contributed by atoms with van der Waals surface area (Å²) in [6.45, 7) is 6.07. The lowest BCUT2D eigenvalue weighted by atomic mass is 10.0. The Morgan fingerprint density at radius 3 is 2.10 bits per heavy atom. The van der Waals surface area contributed by atoms with E-state index in [0.29, 0.717) is 0 Å². The van der Waals surface area contributed by atoms with E-state index in [2.05, 4.69) is 0 Å². The molecule has 0 aromatic rings. The van der Waals surface area contributed by atoms with Gasteiger partial charge in [-0.1, -0.05) is 6.92 Å². The molecule has 0 spiro atoms. The van der Waals surface area contributed by atoms with E-state index < -0.39 is 11.5 Å². The van der Waals surface area contributed by atoms with E-state index in [4.69, 9.17) is 5.11 Å². The van der Waals surface area contributed by atoms with E-state index in [-0.39, 0.29) is 0 Å². The Morgan fingerprint density at radius 1 is 1.60 bits per heavy atom. The molecular formula is C7H15NO2. The molecule has 3 heteroatoms. The minimum absolute atomic E-state index is 0.741. The maximum atomic E-state index is 10.6. The first-order valence-electron chi connectivity index (χ1n) is 3.37. The number of carbonyl (C=O) groups is 1. The van der Waals surface area contributed by atoms with Crippen LogP contribution in [0.15, 0.2) is 0 Å². The fraction of sp³-hybridized carbons (Fsp3) is 0.857. The number of rotatable bonds is 3. The predicted molar refractivity (Wildman–Crippen MR) is 40.0 cm³/mol. The third-order valence-corrected chi connectivity index (χ3v) is 1.95. The summed E-state index contributed by atoms with van der Waals surface area (Å²) in [6.07, 6.45) is 0. The highest BCUT2D eigenvalue weighted by Crippen LogP contribution is 2.10. The van der Waals surface area contributed by atoms with Crippen LogP contribution in [0.25, 0.3) is 0 Å². The molecule has 0 saturated heterocycles. The molecule has 0 unspecified atom stereocenters. The summed E-state index contributed by atoms with van der Waals surface area (Å²) in [5.74, 6) is -0.781. The van der Waals surface area contributed by atoms with Crippen molar-refractivity contribution in [1.82, 2.24) is 4.90 Å². The van der Waals surface area contributed by atoms with E-state index in [0.717, 1.165) is 6.54 Å². The lowest BCUT2D eigenvalue weighted by Crippen LogP contribution is -2.47. The average molecular weight is 145 g/mol. The third-order valence-electron chi connectivity index (χ3n) is 1.95. The Hall–Kier alpha value is -0.570. The summed E-state index contributed by atoms with van der Waals surface area (Å²) in [6, 6.07) is 0. The largest absolute Gasteiger partial charge is 0.480 e. The molecule has 0 aromatic carbocycles. The number of hydrogen-bond donors (Lipinski definition) is 1. The van der Waals surface area contributed by atoms with Gasteiger partial charge in [-0.2, -0.15) is 0 Å². The molecule has 0 aliphatic heterocycles. The lowest BCUT2D eigenvalue weighted by Gasteiger charge is -2.29. The molecule has 0 amide bonds. The van der Waals surface area contributed by atoms with Gasteiger partial charge in [-0.25, -0.2) is 0 Å². The normalized spacial score (nSPS) is 12.1. The van der Waals surface area contributed by atoms with Crippen LogP contribution in [0.1, 0.15) is 20.8 Å². The first-order chi connectivity index (χ1) is 4.42. The van der Waals surface area contributed by atoms with Gasteiger partial charge in [-0.3, -0.25) is 9.69 Å². The molecule has 1 N–H and O–H groups in total. The zero-order chi connectivity index (χ0) is 8.36. The molecule has 0 aromatic heterocycles. The van der Waals surface area contributed by atoms with Gasteiger partial charge in [0.05, 0.1) is 0 Å². The van der Waals surface area contributed by atoms with E-state index in [1.165, 1.54) is 0 Å². The molecule has 0 heterocycles. The quantitative estimate of drug-likeness (QED) is 0.638. The van der Waals surface area contributed by atoms with Gasteiger partial charge >= 0.3 is 5.97 Å². The van der Waals surface area contributed by atoms with Crippen molar-refractivity contribution in [2.45, 2.75) is 26.3 Å². The van der Waals surface area contributed by atoms with Gasteiger partial charge in [-0.05, 0) is 27.4 Å². The zero-order valence-corrected chi connectivity index (χ0v) is 7.01. The summed E-state index contributed by atoms with van der Waals surface area (Å²) in [5, 5.41) is 8.70. The SMILES string of the molecule is CCN(C)C(C)(C)C(=O)O. The predicted octanol–water partition coefficient (Wildman–Crippen LogP) is 0.801. The summed E-state index contributed by atoms with van der Waals surface area (Å²) >= 11 is 0. The molecule has 0 fully saturated rings. The molecular weight excluding hydrogens is 130 g/mol. The summed E-state index contributed by atoms with van der Waals surface area (Å²) in [5.41, 5.74) is -0.741. The van der Waals surface area contributed by atoms with Crippen molar-refractivity contribution in [3.63, 3.8) is 0 Å². The lowest BCUT2D eigenvalue weighted by molar-refractivity contribution is -0.148. The highest BCUT2D eigenvalue weighted by Gasteiger charge is 2.30. The van der Waals surface area contributed by atoms with Crippen LogP contribution in [0.4, 0.5) is 0 Å². The molecule has 3 nitrogen and oxygen atoms in total. The van der Waals surface area contributed by atoms with Crippen molar-refractivity contribution in [3.8, 4) is 0 Å². The smallest absolute Gasteiger partial charge is 0.323 e. The van der Waals surface area contributed by atoms with Crippen molar-refractivity contribution >= 4 is 5.97 Å². The van der Waals surface area contributed by atoms with Gasteiger partial charge in [0.1, 0.15) is 5.54 Å². The Labute approximate surface area is 61.6 Å². The topological polar surface area (TPSA) is 40.5 Å². The molecule has 0 aliphatic carbocycles. The van der Waals surface area contributed by atoms with Crippen LogP contribution < -0.4 is 0 Å². The first-order valence-corrected chi connectivity index (χ1v) is 3.37. The summed E-state index contributed by atoms with van der Waals surface area (Å²) < 4.78 is 0. The highest BCUT2D eigenvalue weighted by molar-refractivity contribution is 5.77. The molecule has 60 valence electrons. The van der Waals surface area contributed by atoms with Crippen LogP contribution in [-0.2, 0) is 4.79 Å². The number of aliphatic carboxylic acids is 1. The van der Waals surface area contributed by atoms with Crippen LogP contribution in [0.2, 0.25) is 0 Å². The first kappa shape index (κ1) is 9.43. The van der Waals surface area contributed by atoms with Crippen molar-refractivity contribution in [1.29, 1.82) is 0 Å². The fourth-order valence-corrected chi connectivity index (χ4v) is 0.559. The number of carboxylic acid groups (broad SMARTS) is 1. The maximum Gasteiger partial charge on any atom is 0.323 e. The Kier molecular flexibility index (Phi) is 2.84. The molecule has 10 heavy (non-hydrogen) atoms. The molecule has 0 aliphatic rings. The zero-order valence-electron chi connectivity index (χ0n) is 7.01. The number of hydrogen-bond acceptors (Lipinski definition) is 2. The van der Waals surface area contributed by atoms with Crippen LogP contribution in [-0.4, -0.2) is 35.1 Å². The number of likely N-dealkylation sites (N-methyl/N-ethyl adjacent to an activating group) is 1. The van der Waals surface area contributed by atoms with Crippen LogP contribution in [0.3, 0.4) is 0 Å².